The van der Waals surface area contributed by atoms with Gasteiger partial charge >= 0.3 is 0 Å². The van der Waals surface area contributed by atoms with Gasteiger partial charge in [-0.1, -0.05) is 6.07 Å². The monoisotopic (exact) mass is 219 g/mol. The molecule has 4 nitrogen and oxygen atoms in total. The summed E-state index contributed by atoms with van der Waals surface area (Å²) >= 11 is 0. The summed E-state index contributed by atoms with van der Waals surface area (Å²) in [5.74, 6) is 0.114. The first-order chi connectivity index (χ1) is 7.71. The van der Waals surface area contributed by atoms with E-state index in [0.717, 1.165) is 25.2 Å². The molecule has 0 aromatic carbocycles. The van der Waals surface area contributed by atoms with Crippen LogP contribution in [0.3, 0.4) is 0 Å². The zero-order valence-corrected chi connectivity index (χ0v) is 9.49. The lowest BCUT2D eigenvalue weighted by molar-refractivity contribution is -0.129. The second kappa shape index (κ2) is 4.61. The highest BCUT2D eigenvalue weighted by atomic mass is 16.2. The minimum atomic E-state index is -0.255. The number of pyridine rings is 1. The topological polar surface area (TPSA) is 54.0 Å². The number of nitrogens with one attached hydrogen (secondary N) is 2. The van der Waals surface area contributed by atoms with Crippen LogP contribution in [-0.4, -0.2) is 24.0 Å². The summed E-state index contributed by atoms with van der Waals surface area (Å²) in [7, 11) is 0. The molecule has 4 heteroatoms. The van der Waals surface area contributed by atoms with Gasteiger partial charge in [0.2, 0.25) is 5.91 Å². The molecule has 16 heavy (non-hydrogen) atoms. The van der Waals surface area contributed by atoms with Crippen LogP contribution in [0.15, 0.2) is 24.4 Å². The first-order valence-corrected chi connectivity index (χ1v) is 5.60. The molecular weight excluding hydrogens is 202 g/mol. The molecule has 1 unspecified atom stereocenters. The molecule has 86 valence electrons. The smallest absolute Gasteiger partial charge is 0.227 e. The minimum absolute atomic E-state index is 0.114. The van der Waals surface area contributed by atoms with Crippen LogP contribution in [0.4, 0.5) is 0 Å². The van der Waals surface area contributed by atoms with Gasteiger partial charge in [0.15, 0.2) is 0 Å². The summed E-state index contributed by atoms with van der Waals surface area (Å²) in [5, 5.41) is 6.16. The average Bonchev–Trinajstić information content (AvgIpc) is 2.76. The normalized spacial score (nSPS) is 24.3. The lowest BCUT2D eigenvalue weighted by Gasteiger charge is -2.21. The molecule has 1 aliphatic rings. The summed E-state index contributed by atoms with van der Waals surface area (Å²) in [4.78, 5) is 16.1. The number of amides is 1. The van der Waals surface area contributed by atoms with Crippen molar-refractivity contribution in [3.05, 3.63) is 30.1 Å². The Labute approximate surface area is 95.5 Å². The van der Waals surface area contributed by atoms with Crippen LogP contribution in [0.5, 0.6) is 0 Å². The van der Waals surface area contributed by atoms with E-state index in [-0.39, 0.29) is 11.3 Å². The van der Waals surface area contributed by atoms with E-state index in [1.165, 1.54) is 0 Å². The van der Waals surface area contributed by atoms with Crippen LogP contribution in [0.2, 0.25) is 0 Å². The SMILES string of the molecule is CC1(C(=O)NCc2ccccn2)CCNC1. The molecule has 1 aliphatic heterocycles. The fourth-order valence-electron chi connectivity index (χ4n) is 1.90. The van der Waals surface area contributed by atoms with Gasteiger partial charge in [0.05, 0.1) is 17.7 Å². The highest BCUT2D eigenvalue weighted by Crippen LogP contribution is 2.24. The molecular formula is C12H17N3O. The number of carbonyl (C=O) groups excluding carboxylic acids is 1. The Hall–Kier alpha value is -1.42. The van der Waals surface area contributed by atoms with Crippen molar-refractivity contribution in [2.45, 2.75) is 19.9 Å². The molecule has 0 saturated carbocycles. The first-order valence-electron chi connectivity index (χ1n) is 5.60. The number of aromatic nitrogens is 1. The van der Waals surface area contributed by atoms with Crippen molar-refractivity contribution in [1.29, 1.82) is 0 Å². The summed E-state index contributed by atoms with van der Waals surface area (Å²) in [6.07, 6.45) is 2.64. The maximum atomic E-state index is 12.0. The number of rotatable bonds is 3. The Morgan fingerprint density at radius 1 is 1.62 bits per heavy atom. The van der Waals surface area contributed by atoms with Crippen molar-refractivity contribution in [2.24, 2.45) is 5.41 Å². The van der Waals surface area contributed by atoms with Gasteiger partial charge in [0.1, 0.15) is 0 Å². The lowest BCUT2D eigenvalue weighted by atomic mass is 9.89. The number of carbonyl (C=O) groups is 1. The van der Waals surface area contributed by atoms with Gasteiger partial charge in [-0.15, -0.1) is 0 Å². The molecule has 0 radical (unpaired) electrons. The Bertz CT molecular complexity index is 358. The molecule has 0 aliphatic carbocycles. The van der Waals surface area contributed by atoms with Crippen LogP contribution >= 0.6 is 0 Å². The van der Waals surface area contributed by atoms with E-state index in [4.69, 9.17) is 0 Å². The molecule has 0 spiro atoms. The Morgan fingerprint density at radius 2 is 2.50 bits per heavy atom. The van der Waals surface area contributed by atoms with Crippen molar-refractivity contribution in [2.75, 3.05) is 13.1 Å². The van der Waals surface area contributed by atoms with Crippen LogP contribution in [0, 0.1) is 5.41 Å². The molecule has 2 N–H and O–H groups in total. The number of hydrogen-bond acceptors (Lipinski definition) is 3. The second-order valence-corrected chi connectivity index (χ2v) is 4.49. The predicted octanol–water partition coefficient (Wildman–Crippen LogP) is 0.697. The fourth-order valence-corrected chi connectivity index (χ4v) is 1.90. The average molecular weight is 219 g/mol. The van der Waals surface area contributed by atoms with E-state index in [1.807, 2.05) is 25.1 Å². The predicted molar refractivity (Wildman–Crippen MR) is 61.7 cm³/mol. The summed E-state index contributed by atoms with van der Waals surface area (Å²) < 4.78 is 0. The van der Waals surface area contributed by atoms with E-state index >= 15 is 0 Å². The number of hydrogen-bond donors (Lipinski definition) is 2. The van der Waals surface area contributed by atoms with Crippen molar-refractivity contribution < 1.29 is 4.79 Å². The zero-order chi connectivity index (χ0) is 11.4. The summed E-state index contributed by atoms with van der Waals surface area (Å²) in [6.45, 7) is 4.20. The van der Waals surface area contributed by atoms with Crippen molar-refractivity contribution >= 4 is 5.91 Å². The number of nitrogens with zero attached hydrogens (tertiary/aromatic N) is 1. The molecule has 1 aromatic heterocycles. The Morgan fingerprint density at radius 3 is 3.12 bits per heavy atom. The van der Waals surface area contributed by atoms with Gasteiger partial charge < -0.3 is 10.6 Å². The highest BCUT2D eigenvalue weighted by Gasteiger charge is 2.35. The minimum Gasteiger partial charge on any atom is -0.350 e. The van der Waals surface area contributed by atoms with Gasteiger partial charge in [-0.05, 0) is 32.0 Å². The largest absolute Gasteiger partial charge is 0.350 e. The van der Waals surface area contributed by atoms with Crippen LogP contribution in [-0.2, 0) is 11.3 Å². The van der Waals surface area contributed by atoms with E-state index < -0.39 is 0 Å². The fraction of sp³-hybridized carbons (Fsp3) is 0.500. The van der Waals surface area contributed by atoms with Crippen molar-refractivity contribution in [1.82, 2.24) is 15.6 Å². The molecule has 1 saturated heterocycles. The first kappa shape index (κ1) is 11.1. The molecule has 1 amide bonds. The van der Waals surface area contributed by atoms with E-state index in [2.05, 4.69) is 15.6 Å². The summed E-state index contributed by atoms with van der Waals surface area (Å²) in [6, 6.07) is 5.70. The standard InChI is InChI=1S/C12H17N3O/c1-12(5-7-13-9-12)11(16)15-8-10-4-2-3-6-14-10/h2-4,6,13H,5,7-9H2,1H3,(H,15,16). The molecule has 1 atom stereocenters. The summed E-state index contributed by atoms with van der Waals surface area (Å²) in [5.41, 5.74) is 0.639. The third-order valence-corrected chi connectivity index (χ3v) is 3.07. The van der Waals surface area contributed by atoms with Gasteiger partial charge in [-0.3, -0.25) is 9.78 Å². The van der Waals surface area contributed by atoms with Crippen LogP contribution in [0.25, 0.3) is 0 Å². The third kappa shape index (κ3) is 2.39. The van der Waals surface area contributed by atoms with Crippen LogP contribution < -0.4 is 10.6 Å². The van der Waals surface area contributed by atoms with Gasteiger partial charge in [-0.2, -0.15) is 0 Å². The molecule has 0 bridgehead atoms. The van der Waals surface area contributed by atoms with E-state index in [0.29, 0.717) is 6.54 Å². The van der Waals surface area contributed by atoms with Crippen molar-refractivity contribution in [3.8, 4) is 0 Å². The van der Waals surface area contributed by atoms with Gasteiger partial charge in [-0.25, -0.2) is 0 Å². The Kier molecular flexibility index (Phi) is 3.19. The molecule has 1 fully saturated rings. The van der Waals surface area contributed by atoms with Gasteiger partial charge in [0.25, 0.3) is 0 Å². The van der Waals surface area contributed by atoms with Gasteiger partial charge in [0, 0.05) is 12.7 Å². The van der Waals surface area contributed by atoms with E-state index in [1.54, 1.807) is 6.20 Å². The van der Waals surface area contributed by atoms with Crippen LogP contribution in [0.1, 0.15) is 19.0 Å². The van der Waals surface area contributed by atoms with E-state index in [9.17, 15) is 4.79 Å². The Balaban J connectivity index is 1.89. The quantitative estimate of drug-likeness (QED) is 0.786. The zero-order valence-electron chi connectivity index (χ0n) is 9.49. The lowest BCUT2D eigenvalue weighted by Crippen LogP contribution is -2.40. The maximum absolute atomic E-state index is 12.0. The third-order valence-electron chi connectivity index (χ3n) is 3.07. The highest BCUT2D eigenvalue weighted by molar-refractivity contribution is 5.82. The molecule has 1 aromatic rings. The second-order valence-electron chi connectivity index (χ2n) is 4.49. The molecule has 2 rings (SSSR count). The molecule has 2 heterocycles. The van der Waals surface area contributed by atoms with Crippen molar-refractivity contribution in [3.63, 3.8) is 0 Å². The maximum Gasteiger partial charge on any atom is 0.227 e.